The molecular formula is C28H62NO3Si+. The molecule has 0 aromatic heterocycles. The van der Waals surface area contributed by atoms with Crippen LogP contribution in [0.5, 0.6) is 0 Å². The normalized spacial score (nSPS) is 12.5. The Kier molecular flexibility index (Phi) is 22.6. The molecule has 0 saturated carbocycles. The number of quaternary nitrogens is 1. The van der Waals surface area contributed by atoms with Crippen molar-refractivity contribution in [2.24, 2.45) is 0 Å². The van der Waals surface area contributed by atoms with Crippen LogP contribution in [0.2, 0.25) is 6.04 Å². The van der Waals surface area contributed by atoms with E-state index in [1.807, 2.05) is 0 Å². The lowest BCUT2D eigenvalue weighted by molar-refractivity contribution is -0.890. The Morgan fingerprint density at radius 1 is 0.455 bits per heavy atom. The van der Waals surface area contributed by atoms with Crippen molar-refractivity contribution in [2.45, 2.75) is 135 Å². The zero-order valence-corrected chi connectivity index (χ0v) is 24.7. The Labute approximate surface area is 210 Å². The molecule has 200 valence electrons. The maximum absolute atomic E-state index is 5.51. The molecule has 33 heavy (non-hydrogen) atoms. The average molecular weight is 489 g/mol. The maximum atomic E-state index is 5.51. The lowest BCUT2D eigenvalue weighted by Gasteiger charge is -2.30. The second-order valence-corrected chi connectivity index (χ2v) is 13.9. The summed E-state index contributed by atoms with van der Waals surface area (Å²) in [4.78, 5) is 0. The van der Waals surface area contributed by atoms with Crippen LogP contribution in [0.25, 0.3) is 0 Å². The van der Waals surface area contributed by atoms with Crippen molar-refractivity contribution >= 4 is 8.80 Å². The molecule has 5 heteroatoms. The summed E-state index contributed by atoms with van der Waals surface area (Å²) in [7, 11) is 7.53. The van der Waals surface area contributed by atoms with Crippen LogP contribution in [0.3, 0.4) is 0 Å². The molecule has 0 bridgehead atoms. The van der Waals surface area contributed by atoms with Gasteiger partial charge in [-0.05, 0) is 32.1 Å². The SMILES string of the molecule is CCCCCCCCCCCCCCCCCC[N+](C)(C)CCCCC[Si](OC)(OC)OC. The second-order valence-electron chi connectivity index (χ2n) is 10.8. The summed E-state index contributed by atoms with van der Waals surface area (Å²) < 4.78 is 17.7. The number of hydrogen-bond acceptors (Lipinski definition) is 3. The van der Waals surface area contributed by atoms with Crippen LogP contribution in [-0.4, -0.2) is 61.8 Å². The molecular weight excluding hydrogens is 426 g/mol. The van der Waals surface area contributed by atoms with Crippen molar-refractivity contribution in [3.05, 3.63) is 0 Å². The van der Waals surface area contributed by atoms with Gasteiger partial charge in [-0.1, -0.05) is 96.8 Å². The molecule has 0 aliphatic rings. The van der Waals surface area contributed by atoms with Gasteiger partial charge >= 0.3 is 8.80 Å². The summed E-state index contributed by atoms with van der Waals surface area (Å²) in [6.45, 7) is 4.87. The third kappa shape index (κ3) is 20.0. The molecule has 4 nitrogen and oxygen atoms in total. The third-order valence-corrected chi connectivity index (χ3v) is 10.1. The van der Waals surface area contributed by atoms with Crippen LogP contribution in [0.4, 0.5) is 0 Å². The summed E-state index contributed by atoms with van der Waals surface area (Å²) in [6, 6.07) is 0.920. The second kappa shape index (κ2) is 22.5. The highest BCUT2D eigenvalue weighted by Gasteiger charge is 2.36. The first kappa shape index (κ1) is 33.1. The predicted octanol–water partition coefficient (Wildman–Crippen LogP) is 8.37. The summed E-state index contributed by atoms with van der Waals surface area (Å²) in [5.74, 6) is 0. The quantitative estimate of drug-likeness (QED) is 0.0695. The van der Waals surface area contributed by atoms with E-state index in [1.54, 1.807) is 21.3 Å². The van der Waals surface area contributed by atoms with E-state index in [0.717, 1.165) is 16.9 Å². The molecule has 0 aliphatic heterocycles. The van der Waals surface area contributed by atoms with Gasteiger partial charge in [0.25, 0.3) is 0 Å². The smallest absolute Gasteiger partial charge is 0.377 e. The highest BCUT2D eigenvalue weighted by molar-refractivity contribution is 6.60. The van der Waals surface area contributed by atoms with Gasteiger partial charge in [0.2, 0.25) is 0 Å². The Hall–Kier alpha value is 0.0569. The lowest BCUT2D eigenvalue weighted by Crippen LogP contribution is -2.43. The van der Waals surface area contributed by atoms with E-state index in [2.05, 4.69) is 21.0 Å². The standard InChI is InChI=1S/C28H62NO3Si/c1-7-8-9-10-11-12-13-14-15-16-17-18-19-20-21-23-26-29(2,3)27-24-22-25-28-33(30-4,31-5)32-6/h7-28H2,1-6H3/q+1. The van der Waals surface area contributed by atoms with E-state index in [4.69, 9.17) is 13.3 Å². The molecule has 0 aromatic rings. The molecule has 0 heterocycles. The van der Waals surface area contributed by atoms with Crippen LogP contribution in [0.1, 0.15) is 129 Å². The van der Waals surface area contributed by atoms with Crippen molar-refractivity contribution in [1.82, 2.24) is 0 Å². The van der Waals surface area contributed by atoms with E-state index in [-0.39, 0.29) is 0 Å². The van der Waals surface area contributed by atoms with Crippen LogP contribution >= 0.6 is 0 Å². The minimum absolute atomic E-state index is 0.920. The zero-order valence-electron chi connectivity index (χ0n) is 23.7. The first-order valence-electron chi connectivity index (χ1n) is 14.4. The fraction of sp³-hybridized carbons (Fsp3) is 1.00. The molecule has 0 aliphatic carbocycles. The van der Waals surface area contributed by atoms with Crippen LogP contribution < -0.4 is 0 Å². The number of unbranched alkanes of at least 4 members (excludes halogenated alkanes) is 17. The molecule has 0 N–H and O–H groups in total. The number of rotatable bonds is 26. The van der Waals surface area contributed by atoms with Gasteiger partial charge in [-0.3, -0.25) is 0 Å². The van der Waals surface area contributed by atoms with Gasteiger partial charge in [-0.2, -0.15) is 0 Å². The topological polar surface area (TPSA) is 27.7 Å². The van der Waals surface area contributed by atoms with Crippen LogP contribution in [0.15, 0.2) is 0 Å². The maximum Gasteiger partial charge on any atom is 0.500 e. The van der Waals surface area contributed by atoms with Crippen molar-refractivity contribution in [1.29, 1.82) is 0 Å². The Bertz CT molecular complexity index is 394. The summed E-state index contributed by atoms with van der Waals surface area (Å²) in [6.07, 6.45) is 26.7. The summed E-state index contributed by atoms with van der Waals surface area (Å²) in [5.41, 5.74) is 0. The van der Waals surface area contributed by atoms with E-state index in [9.17, 15) is 0 Å². The molecule has 0 saturated heterocycles. The van der Waals surface area contributed by atoms with E-state index in [0.29, 0.717) is 0 Å². The number of nitrogens with zero attached hydrogens (tertiary/aromatic N) is 1. The average Bonchev–Trinajstić information content (AvgIpc) is 2.81. The zero-order chi connectivity index (χ0) is 24.7. The first-order valence-corrected chi connectivity index (χ1v) is 16.4. The van der Waals surface area contributed by atoms with Gasteiger partial charge in [-0.15, -0.1) is 0 Å². The predicted molar refractivity (Wildman–Crippen MR) is 147 cm³/mol. The Morgan fingerprint density at radius 3 is 1.09 bits per heavy atom. The van der Waals surface area contributed by atoms with Crippen molar-refractivity contribution < 1.29 is 17.8 Å². The van der Waals surface area contributed by atoms with Gasteiger partial charge < -0.3 is 17.8 Å². The monoisotopic (exact) mass is 488 g/mol. The Morgan fingerprint density at radius 2 is 0.758 bits per heavy atom. The molecule has 0 aromatic carbocycles. The fourth-order valence-electron chi connectivity index (χ4n) is 4.81. The van der Waals surface area contributed by atoms with Gasteiger partial charge in [0.15, 0.2) is 0 Å². The molecule has 0 amide bonds. The van der Waals surface area contributed by atoms with Crippen LogP contribution in [-0.2, 0) is 13.3 Å². The third-order valence-electron chi connectivity index (χ3n) is 7.30. The Balaban J connectivity index is 3.46. The van der Waals surface area contributed by atoms with Crippen molar-refractivity contribution in [2.75, 3.05) is 48.5 Å². The van der Waals surface area contributed by atoms with Gasteiger partial charge in [0.05, 0.1) is 27.2 Å². The molecule has 0 atom stereocenters. The summed E-state index contributed by atoms with van der Waals surface area (Å²) in [5, 5.41) is 0. The number of hydrogen-bond donors (Lipinski definition) is 0. The van der Waals surface area contributed by atoms with Crippen LogP contribution in [0, 0.1) is 0 Å². The van der Waals surface area contributed by atoms with Gasteiger partial charge in [0.1, 0.15) is 0 Å². The van der Waals surface area contributed by atoms with Gasteiger partial charge in [-0.25, -0.2) is 0 Å². The largest absolute Gasteiger partial charge is 0.500 e. The highest BCUT2D eigenvalue weighted by atomic mass is 28.4. The van der Waals surface area contributed by atoms with E-state index >= 15 is 0 Å². The summed E-state index contributed by atoms with van der Waals surface area (Å²) >= 11 is 0. The lowest BCUT2D eigenvalue weighted by atomic mass is 10.0. The van der Waals surface area contributed by atoms with Crippen molar-refractivity contribution in [3.63, 3.8) is 0 Å². The fourth-order valence-corrected chi connectivity index (χ4v) is 6.61. The molecule has 0 rings (SSSR count). The molecule has 0 radical (unpaired) electrons. The van der Waals surface area contributed by atoms with Gasteiger partial charge in [0, 0.05) is 27.4 Å². The van der Waals surface area contributed by atoms with E-state index in [1.165, 1.54) is 129 Å². The minimum Gasteiger partial charge on any atom is -0.377 e. The molecule has 0 spiro atoms. The molecule has 0 fully saturated rings. The first-order chi connectivity index (χ1) is 15.9. The minimum atomic E-state index is -2.37. The van der Waals surface area contributed by atoms with E-state index < -0.39 is 8.80 Å². The highest BCUT2D eigenvalue weighted by Crippen LogP contribution is 2.18. The van der Waals surface area contributed by atoms with Crippen molar-refractivity contribution in [3.8, 4) is 0 Å². The molecule has 0 unspecified atom stereocenters.